The number of pyridine rings is 1. The Bertz CT molecular complexity index is 828. The van der Waals surface area contributed by atoms with Gasteiger partial charge in [-0.05, 0) is 37.6 Å². The summed E-state index contributed by atoms with van der Waals surface area (Å²) in [6.45, 7) is 3.48. The molecule has 0 saturated heterocycles. The SMILES string of the molecule is COc1cc(C)cc(Nc2nc(NC(C)NC=O)c(F)cc2C(N)=O)c1. The van der Waals surface area contributed by atoms with E-state index >= 15 is 0 Å². The Morgan fingerprint density at radius 3 is 2.65 bits per heavy atom. The molecule has 8 nitrogen and oxygen atoms in total. The number of nitrogens with two attached hydrogens (primary N) is 1. The molecule has 1 unspecified atom stereocenters. The molecule has 0 bridgehead atoms. The topological polar surface area (TPSA) is 118 Å². The molecule has 0 fully saturated rings. The Balaban J connectivity index is 2.43. The number of rotatable bonds is 8. The minimum Gasteiger partial charge on any atom is -0.497 e. The second kappa shape index (κ2) is 8.15. The second-order valence-electron chi connectivity index (χ2n) is 5.59. The predicted molar refractivity (Wildman–Crippen MR) is 96.0 cm³/mol. The van der Waals surface area contributed by atoms with Gasteiger partial charge in [0, 0.05) is 11.8 Å². The van der Waals surface area contributed by atoms with Crippen LogP contribution in [0.25, 0.3) is 0 Å². The van der Waals surface area contributed by atoms with E-state index in [0.29, 0.717) is 17.8 Å². The third-order valence-corrected chi connectivity index (χ3v) is 3.46. The Morgan fingerprint density at radius 1 is 1.31 bits per heavy atom. The summed E-state index contributed by atoms with van der Waals surface area (Å²) >= 11 is 0. The van der Waals surface area contributed by atoms with E-state index < -0.39 is 17.9 Å². The number of benzene rings is 1. The smallest absolute Gasteiger partial charge is 0.252 e. The van der Waals surface area contributed by atoms with Crippen LogP contribution in [0.3, 0.4) is 0 Å². The Hall–Kier alpha value is -3.36. The number of hydrogen-bond donors (Lipinski definition) is 4. The molecule has 2 aromatic rings. The van der Waals surface area contributed by atoms with Crippen LogP contribution in [0.4, 0.5) is 21.7 Å². The Kier molecular flexibility index (Phi) is 5.94. The molecule has 1 aromatic heterocycles. The Morgan fingerprint density at radius 2 is 2.04 bits per heavy atom. The number of halogens is 1. The molecule has 1 aromatic carbocycles. The summed E-state index contributed by atoms with van der Waals surface area (Å²) in [5.41, 5.74) is 6.73. The van der Waals surface area contributed by atoms with Gasteiger partial charge in [0.1, 0.15) is 11.6 Å². The lowest BCUT2D eigenvalue weighted by molar-refractivity contribution is -0.109. The third-order valence-electron chi connectivity index (χ3n) is 3.46. The molecule has 0 aliphatic rings. The van der Waals surface area contributed by atoms with E-state index in [2.05, 4.69) is 20.9 Å². The van der Waals surface area contributed by atoms with Crippen molar-refractivity contribution >= 4 is 29.6 Å². The number of ether oxygens (including phenoxy) is 1. The number of primary amides is 1. The predicted octanol–water partition coefficient (Wildman–Crippen LogP) is 1.88. The number of hydrogen-bond acceptors (Lipinski definition) is 6. The summed E-state index contributed by atoms with van der Waals surface area (Å²) in [5, 5.41) is 8.07. The van der Waals surface area contributed by atoms with Gasteiger partial charge >= 0.3 is 0 Å². The van der Waals surface area contributed by atoms with Gasteiger partial charge in [0.05, 0.1) is 18.8 Å². The second-order valence-corrected chi connectivity index (χ2v) is 5.59. The zero-order valence-corrected chi connectivity index (χ0v) is 14.6. The van der Waals surface area contributed by atoms with Gasteiger partial charge in [0.25, 0.3) is 5.91 Å². The van der Waals surface area contributed by atoms with Crippen LogP contribution in [0, 0.1) is 12.7 Å². The van der Waals surface area contributed by atoms with Crippen LogP contribution in [-0.4, -0.2) is 30.6 Å². The fourth-order valence-corrected chi connectivity index (χ4v) is 2.30. The van der Waals surface area contributed by atoms with Crippen LogP contribution in [0.1, 0.15) is 22.8 Å². The first-order valence-corrected chi connectivity index (χ1v) is 7.73. The molecule has 0 aliphatic heterocycles. The highest BCUT2D eigenvalue weighted by atomic mass is 19.1. The van der Waals surface area contributed by atoms with Crippen molar-refractivity contribution in [2.45, 2.75) is 20.0 Å². The van der Waals surface area contributed by atoms with Gasteiger partial charge in [-0.25, -0.2) is 9.37 Å². The van der Waals surface area contributed by atoms with Crippen molar-refractivity contribution in [2.75, 3.05) is 17.7 Å². The molecule has 1 atom stereocenters. The first-order chi connectivity index (χ1) is 12.3. The van der Waals surface area contributed by atoms with Crippen LogP contribution in [0.5, 0.6) is 5.75 Å². The first-order valence-electron chi connectivity index (χ1n) is 7.73. The van der Waals surface area contributed by atoms with Gasteiger partial charge in [-0.1, -0.05) is 0 Å². The molecule has 26 heavy (non-hydrogen) atoms. The number of nitrogens with one attached hydrogen (secondary N) is 3. The van der Waals surface area contributed by atoms with E-state index in [4.69, 9.17) is 10.5 Å². The molecular formula is C17H20FN5O3. The van der Waals surface area contributed by atoms with Crippen LogP contribution >= 0.6 is 0 Å². The molecule has 0 radical (unpaired) electrons. The monoisotopic (exact) mass is 361 g/mol. The first kappa shape index (κ1) is 19.0. The number of methoxy groups -OCH3 is 1. The van der Waals surface area contributed by atoms with Crippen molar-refractivity contribution in [2.24, 2.45) is 5.73 Å². The zero-order chi connectivity index (χ0) is 19.3. The van der Waals surface area contributed by atoms with E-state index in [0.717, 1.165) is 11.6 Å². The minimum absolute atomic E-state index is 0.0763. The molecule has 138 valence electrons. The number of carbonyl (C=O) groups excluding carboxylic acids is 2. The molecule has 0 spiro atoms. The van der Waals surface area contributed by atoms with Crippen LogP contribution in [0.2, 0.25) is 0 Å². The van der Waals surface area contributed by atoms with E-state index in [-0.39, 0.29) is 17.2 Å². The highest BCUT2D eigenvalue weighted by Crippen LogP contribution is 2.27. The number of aromatic nitrogens is 1. The van der Waals surface area contributed by atoms with Gasteiger partial charge in [0.15, 0.2) is 11.6 Å². The lowest BCUT2D eigenvalue weighted by Crippen LogP contribution is -2.33. The molecule has 9 heteroatoms. The van der Waals surface area contributed by atoms with Gasteiger partial charge in [-0.15, -0.1) is 0 Å². The van der Waals surface area contributed by atoms with Crippen molar-refractivity contribution in [3.8, 4) is 5.75 Å². The van der Waals surface area contributed by atoms with Crippen molar-refractivity contribution in [1.82, 2.24) is 10.3 Å². The van der Waals surface area contributed by atoms with Gasteiger partial charge in [-0.2, -0.15) is 0 Å². The third kappa shape index (κ3) is 4.59. The summed E-state index contributed by atoms with van der Waals surface area (Å²) in [5.74, 6) is -1.06. The lowest BCUT2D eigenvalue weighted by Gasteiger charge is -2.17. The van der Waals surface area contributed by atoms with E-state index in [9.17, 15) is 14.0 Å². The lowest BCUT2D eigenvalue weighted by atomic mass is 10.2. The summed E-state index contributed by atoms with van der Waals surface area (Å²) in [6.07, 6.45) is -0.0910. The maximum Gasteiger partial charge on any atom is 0.252 e. The van der Waals surface area contributed by atoms with Crippen molar-refractivity contribution in [1.29, 1.82) is 0 Å². The summed E-state index contributed by atoms with van der Waals surface area (Å²) in [7, 11) is 1.53. The minimum atomic E-state index is -0.830. The van der Waals surface area contributed by atoms with Crippen molar-refractivity contribution < 1.29 is 18.7 Å². The van der Waals surface area contributed by atoms with Crippen LogP contribution < -0.4 is 26.4 Å². The molecule has 5 N–H and O–H groups in total. The molecule has 2 amide bonds. The fraction of sp³-hybridized carbons (Fsp3) is 0.235. The number of aryl methyl sites for hydroxylation is 1. The van der Waals surface area contributed by atoms with Gasteiger partial charge in [0.2, 0.25) is 6.41 Å². The average Bonchev–Trinajstić information content (AvgIpc) is 2.57. The average molecular weight is 361 g/mol. The summed E-state index contributed by atoms with van der Waals surface area (Å²) in [4.78, 5) is 26.2. The maximum atomic E-state index is 14.2. The molecule has 2 rings (SSSR count). The number of anilines is 3. The maximum absolute atomic E-state index is 14.2. The largest absolute Gasteiger partial charge is 0.497 e. The summed E-state index contributed by atoms with van der Waals surface area (Å²) in [6, 6.07) is 6.33. The molecule has 0 saturated carbocycles. The quantitative estimate of drug-likeness (QED) is 0.421. The zero-order valence-electron chi connectivity index (χ0n) is 14.6. The van der Waals surface area contributed by atoms with Crippen molar-refractivity contribution in [3.05, 3.63) is 41.2 Å². The van der Waals surface area contributed by atoms with Crippen molar-refractivity contribution in [3.63, 3.8) is 0 Å². The van der Waals surface area contributed by atoms with E-state index in [1.165, 1.54) is 7.11 Å². The van der Waals surface area contributed by atoms with Crippen LogP contribution in [-0.2, 0) is 4.79 Å². The van der Waals surface area contributed by atoms with Crippen LogP contribution in [0.15, 0.2) is 24.3 Å². The fourth-order valence-electron chi connectivity index (χ4n) is 2.30. The van der Waals surface area contributed by atoms with E-state index in [1.54, 1.807) is 13.0 Å². The summed E-state index contributed by atoms with van der Waals surface area (Å²) < 4.78 is 19.4. The number of amides is 2. The molecule has 1 heterocycles. The highest BCUT2D eigenvalue weighted by molar-refractivity contribution is 5.98. The normalized spacial score (nSPS) is 11.4. The number of nitrogens with zero attached hydrogens (tertiary/aromatic N) is 1. The molecular weight excluding hydrogens is 341 g/mol. The molecule has 0 aliphatic carbocycles. The van der Waals surface area contributed by atoms with E-state index in [1.807, 2.05) is 19.1 Å². The highest BCUT2D eigenvalue weighted by Gasteiger charge is 2.17. The Labute approximate surface area is 149 Å². The van der Waals surface area contributed by atoms with Gasteiger partial charge < -0.3 is 26.4 Å². The standard InChI is InChI=1S/C17H20FN5O3/c1-9-4-11(6-12(5-9)26-3)22-16-13(15(19)25)7-14(18)17(23-16)21-10(2)20-8-24/h4-8,10H,1-3H3,(H2,19,25)(H,20,24)(H2,21,22,23). The number of carbonyl (C=O) groups is 2. The van der Waals surface area contributed by atoms with Gasteiger partial charge in [-0.3, -0.25) is 9.59 Å².